The van der Waals surface area contributed by atoms with E-state index in [4.69, 9.17) is 0 Å². The molecule has 0 aromatic heterocycles. The van der Waals surface area contributed by atoms with E-state index in [0.717, 1.165) is 0 Å². The highest BCUT2D eigenvalue weighted by atomic mass is 19.4. The van der Waals surface area contributed by atoms with E-state index < -0.39 is 41.6 Å². The number of Topliss-reactive ketones (excluding diaryl/α,β-unsaturated/α-hetero) is 1. The summed E-state index contributed by atoms with van der Waals surface area (Å²) in [5.74, 6) is -30.1. The summed E-state index contributed by atoms with van der Waals surface area (Å²) in [5, 5.41) is 0. The standard InChI is InChI=1S/C7F12O/c8-1(3(9)10)2(20)4(11,12)5(13,14)6(15,16)7(17,18)19. The first kappa shape index (κ1) is 18.6. The zero-order chi connectivity index (χ0) is 16.7. The van der Waals surface area contributed by atoms with Gasteiger partial charge in [-0.1, -0.05) is 0 Å². The van der Waals surface area contributed by atoms with Crippen LogP contribution in [0.4, 0.5) is 52.7 Å². The van der Waals surface area contributed by atoms with Crippen molar-refractivity contribution in [3.63, 3.8) is 0 Å². The van der Waals surface area contributed by atoms with Crippen molar-refractivity contribution in [3.05, 3.63) is 11.9 Å². The van der Waals surface area contributed by atoms with Gasteiger partial charge in [-0.15, -0.1) is 0 Å². The van der Waals surface area contributed by atoms with Crippen LogP contribution >= 0.6 is 0 Å². The lowest BCUT2D eigenvalue weighted by atomic mass is 9.99. The zero-order valence-corrected chi connectivity index (χ0v) is 8.44. The predicted octanol–water partition coefficient (Wildman–Crippen LogP) is 4.10. The number of alkyl halides is 9. The fraction of sp³-hybridized carbons (Fsp3) is 0.571. The lowest BCUT2D eigenvalue weighted by Gasteiger charge is -2.32. The highest BCUT2D eigenvalue weighted by molar-refractivity contribution is 5.99. The topological polar surface area (TPSA) is 17.1 Å². The maximum atomic E-state index is 12.5. The van der Waals surface area contributed by atoms with Gasteiger partial charge in [-0.2, -0.15) is 52.7 Å². The minimum Gasteiger partial charge on any atom is -0.284 e. The van der Waals surface area contributed by atoms with Gasteiger partial charge in [-0.3, -0.25) is 4.79 Å². The molecule has 20 heavy (non-hydrogen) atoms. The highest BCUT2D eigenvalue weighted by Crippen LogP contribution is 2.53. The number of hydrogen-bond acceptors (Lipinski definition) is 1. The van der Waals surface area contributed by atoms with Gasteiger partial charge in [0.1, 0.15) is 0 Å². The molecule has 1 nitrogen and oxygen atoms in total. The summed E-state index contributed by atoms with van der Waals surface area (Å²) < 4.78 is 144. The van der Waals surface area contributed by atoms with Gasteiger partial charge in [0.15, 0.2) is 0 Å². The second-order valence-electron chi connectivity index (χ2n) is 3.12. The number of carbonyl (C=O) groups excluding carboxylic acids is 1. The molecule has 0 saturated heterocycles. The average molecular weight is 328 g/mol. The SMILES string of the molecule is O=C(C(F)=C(F)F)C(F)(F)C(F)(F)C(F)(F)C(F)(F)F. The van der Waals surface area contributed by atoms with Crippen molar-refractivity contribution < 1.29 is 57.5 Å². The second kappa shape index (κ2) is 4.84. The van der Waals surface area contributed by atoms with E-state index in [1.807, 2.05) is 0 Å². The number of allylic oxidation sites excluding steroid dienone is 1. The van der Waals surface area contributed by atoms with Crippen LogP contribution in [0.2, 0.25) is 0 Å². The summed E-state index contributed by atoms with van der Waals surface area (Å²) in [5.41, 5.74) is 0. The number of ketones is 1. The summed E-state index contributed by atoms with van der Waals surface area (Å²) in [6.07, 6.45) is -11.1. The Kier molecular flexibility index (Phi) is 4.49. The van der Waals surface area contributed by atoms with Gasteiger partial charge in [0, 0.05) is 0 Å². The number of rotatable bonds is 4. The molecule has 0 aliphatic heterocycles. The third kappa shape index (κ3) is 2.57. The largest absolute Gasteiger partial charge is 0.460 e. The van der Waals surface area contributed by atoms with E-state index in [1.54, 1.807) is 0 Å². The molecule has 0 bridgehead atoms. The van der Waals surface area contributed by atoms with E-state index in [1.165, 1.54) is 0 Å². The molecule has 0 unspecified atom stereocenters. The third-order valence-electron chi connectivity index (χ3n) is 1.80. The molecule has 0 aromatic carbocycles. The van der Waals surface area contributed by atoms with E-state index in [-0.39, 0.29) is 0 Å². The molecule has 0 aliphatic rings. The Morgan fingerprint density at radius 2 is 1.00 bits per heavy atom. The van der Waals surface area contributed by atoms with E-state index in [0.29, 0.717) is 0 Å². The molecule has 0 heterocycles. The fourth-order valence-corrected chi connectivity index (χ4v) is 0.741. The summed E-state index contributed by atoms with van der Waals surface area (Å²) in [6.45, 7) is 0. The van der Waals surface area contributed by atoms with Crippen LogP contribution in [0.5, 0.6) is 0 Å². The first-order valence-corrected chi connectivity index (χ1v) is 3.97. The van der Waals surface area contributed by atoms with Gasteiger partial charge in [0.05, 0.1) is 0 Å². The lowest BCUT2D eigenvalue weighted by molar-refractivity contribution is -0.388. The van der Waals surface area contributed by atoms with Crippen molar-refractivity contribution >= 4 is 5.78 Å². The van der Waals surface area contributed by atoms with Crippen molar-refractivity contribution in [2.75, 3.05) is 0 Å². The normalized spacial score (nSPS) is 14.2. The maximum absolute atomic E-state index is 12.5. The molecule has 0 rings (SSSR count). The van der Waals surface area contributed by atoms with Crippen molar-refractivity contribution in [3.8, 4) is 0 Å². The Labute approximate surface area is 100 Å². The molecule has 0 aromatic rings. The molecule has 0 spiro atoms. The molecule has 0 saturated carbocycles. The summed E-state index contributed by atoms with van der Waals surface area (Å²) in [7, 11) is 0. The molecule has 0 amide bonds. The van der Waals surface area contributed by atoms with Crippen LogP contribution in [0.3, 0.4) is 0 Å². The van der Waals surface area contributed by atoms with Crippen LogP contribution < -0.4 is 0 Å². The van der Waals surface area contributed by atoms with Crippen LogP contribution in [0, 0.1) is 0 Å². The quantitative estimate of drug-likeness (QED) is 0.561. The Hall–Kier alpha value is -1.43. The summed E-state index contributed by atoms with van der Waals surface area (Å²) in [6, 6.07) is 0. The van der Waals surface area contributed by atoms with Crippen molar-refractivity contribution in [1.82, 2.24) is 0 Å². The molecule has 0 atom stereocenters. The van der Waals surface area contributed by atoms with Crippen LogP contribution in [-0.4, -0.2) is 29.7 Å². The van der Waals surface area contributed by atoms with Crippen LogP contribution in [0.1, 0.15) is 0 Å². The lowest BCUT2D eigenvalue weighted by Crippen LogP contribution is -2.63. The van der Waals surface area contributed by atoms with Crippen molar-refractivity contribution in [2.45, 2.75) is 23.9 Å². The van der Waals surface area contributed by atoms with E-state index >= 15 is 0 Å². The Morgan fingerprint density at radius 1 is 0.650 bits per heavy atom. The number of halogens is 12. The summed E-state index contributed by atoms with van der Waals surface area (Å²) in [4.78, 5) is 10.2. The highest BCUT2D eigenvalue weighted by Gasteiger charge is 2.84. The van der Waals surface area contributed by atoms with Gasteiger partial charge in [0.25, 0.3) is 5.78 Å². The van der Waals surface area contributed by atoms with Crippen molar-refractivity contribution in [2.24, 2.45) is 0 Å². The minimum absolute atomic E-state index is 3.85. The smallest absolute Gasteiger partial charge is 0.284 e. The Bertz CT molecular complexity index is 426. The van der Waals surface area contributed by atoms with Gasteiger partial charge < -0.3 is 0 Å². The third-order valence-corrected chi connectivity index (χ3v) is 1.80. The molecular weight excluding hydrogens is 328 g/mol. The number of carbonyl (C=O) groups is 1. The van der Waals surface area contributed by atoms with Crippen molar-refractivity contribution in [1.29, 1.82) is 0 Å². The minimum atomic E-state index is -7.48. The van der Waals surface area contributed by atoms with Crippen LogP contribution in [-0.2, 0) is 4.79 Å². The second-order valence-corrected chi connectivity index (χ2v) is 3.12. The Morgan fingerprint density at radius 3 is 1.25 bits per heavy atom. The van der Waals surface area contributed by atoms with Gasteiger partial charge in [-0.25, -0.2) is 0 Å². The maximum Gasteiger partial charge on any atom is 0.460 e. The first-order chi connectivity index (χ1) is 8.51. The van der Waals surface area contributed by atoms with E-state index in [2.05, 4.69) is 0 Å². The zero-order valence-electron chi connectivity index (χ0n) is 8.44. The molecule has 0 N–H and O–H groups in total. The van der Waals surface area contributed by atoms with Gasteiger partial charge in [-0.05, 0) is 0 Å². The Balaban J connectivity index is 5.96. The fourth-order valence-electron chi connectivity index (χ4n) is 0.741. The molecule has 0 aliphatic carbocycles. The van der Waals surface area contributed by atoms with Gasteiger partial charge >= 0.3 is 30.0 Å². The number of hydrogen-bond donors (Lipinski definition) is 0. The summed E-state index contributed by atoms with van der Waals surface area (Å²) >= 11 is 0. The first-order valence-electron chi connectivity index (χ1n) is 3.97. The molecule has 13 heteroatoms. The monoisotopic (exact) mass is 328 g/mol. The molecule has 0 radical (unpaired) electrons. The van der Waals surface area contributed by atoms with Crippen LogP contribution in [0.15, 0.2) is 11.9 Å². The van der Waals surface area contributed by atoms with Gasteiger partial charge in [0.2, 0.25) is 5.83 Å². The van der Waals surface area contributed by atoms with Crippen LogP contribution in [0.25, 0.3) is 0 Å². The molecular formula is C7F12O. The predicted molar refractivity (Wildman–Crippen MR) is 36.3 cm³/mol. The average Bonchev–Trinajstić information content (AvgIpc) is 2.24. The molecule has 118 valence electrons. The van der Waals surface area contributed by atoms with E-state index in [9.17, 15) is 57.5 Å². The molecule has 0 fully saturated rings.